The molecule has 0 fully saturated rings. The predicted molar refractivity (Wildman–Crippen MR) is 427 cm³/mol. The van der Waals surface area contributed by atoms with Crippen LogP contribution in [-0.2, 0) is 65.4 Å². The summed E-state index contributed by atoms with van der Waals surface area (Å²) in [4.78, 5) is 73.0. The van der Waals surface area contributed by atoms with Crippen molar-refractivity contribution < 1.29 is 80.2 Å². The van der Waals surface area contributed by atoms with E-state index in [-0.39, 0.29) is 25.7 Å². The predicted octanol–water partition coefficient (Wildman–Crippen LogP) is 23.9. The van der Waals surface area contributed by atoms with Gasteiger partial charge in [-0.25, -0.2) is 9.13 Å². The number of esters is 4. The minimum absolute atomic E-state index is 0.0360. The van der Waals surface area contributed by atoms with Gasteiger partial charge in [-0.15, -0.1) is 0 Å². The molecule has 0 spiro atoms. The van der Waals surface area contributed by atoms with E-state index in [1.165, 1.54) is 96.3 Å². The van der Waals surface area contributed by atoms with Gasteiger partial charge in [-0.2, -0.15) is 0 Å². The van der Waals surface area contributed by atoms with Crippen molar-refractivity contribution in [3.05, 3.63) is 122 Å². The molecule has 0 radical (unpaired) electrons. The molecule has 17 nitrogen and oxygen atoms in total. The second kappa shape index (κ2) is 76.6. The highest BCUT2D eigenvalue weighted by atomic mass is 31.2. The number of rotatable bonds is 76. The number of hydrogen-bond donors (Lipinski definition) is 3. The van der Waals surface area contributed by atoms with Crippen LogP contribution in [0.25, 0.3) is 0 Å². The number of aliphatic hydroxyl groups is 1. The van der Waals surface area contributed by atoms with Gasteiger partial charge in [0.2, 0.25) is 0 Å². The standard InChI is InChI=1S/C85H146O17P2/c1-5-9-13-17-21-25-29-32-35-37-39-41-44-46-50-53-57-61-65-69-82(87)95-75-80(101-84(89)71-67-63-59-55-49-28-24-20-16-12-8-4)77-99-103(91,92)97-73-79(86)74-98-104(93,94)100-78-81(102-85(90)72-68-64-60-56-52-48-43-34-31-27-23-19-15-11-7-3)76-96-83(88)70-66-62-58-54-51-47-45-42-40-38-36-33-30-26-22-18-14-10-6-2/h9,13,21-22,25-26,32-36,39-43,46,50,57,61,79-81,86H,5-8,10-12,14-20,23-24,27-31,37-38,44-45,47-49,51-56,58-60,62-78H2,1-4H3,(H,91,92)(H,93,94)/b13-9-,25-21-,26-22-,35-32-,36-33-,41-39-,42-40-,43-34-,50-46-,61-57-. The Morgan fingerprint density at radius 2 is 0.519 bits per heavy atom. The summed E-state index contributed by atoms with van der Waals surface area (Å²) >= 11 is 0. The first-order chi connectivity index (χ1) is 50.7. The van der Waals surface area contributed by atoms with Crippen LogP contribution in [0.15, 0.2) is 122 Å². The summed E-state index contributed by atoms with van der Waals surface area (Å²) in [7, 11) is -9.98. The molecule has 5 unspecified atom stereocenters. The van der Waals surface area contributed by atoms with E-state index < -0.39 is 97.5 Å². The minimum Gasteiger partial charge on any atom is -0.462 e. The molecule has 5 atom stereocenters. The van der Waals surface area contributed by atoms with Crippen LogP contribution >= 0.6 is 15.6 Å². The van der Waals surface area contributed by atoms with Crippen LogP contribution in [-0.4, -0.2) is 96.7 Å². The van der Waals surface area contributed by atoms with Gasteiger partial charge in [0.05, 0.1) is 26.4 Å². The summed E-state index contributed by atoms with van der Waals surface area (Å²) in [5.41, 5.74) is 0. The Morgan fingerprint density at radius 3 is 0.856 bits per heavy atom. The van der Waals surface area contributed by atoms with Crippen LogP contribution in [0.4, 0.5) is 0 Å². The monoisotopic (exact) mass is 1500 g/mol. The van der Waals surface area contributed by atoms with Crippen molar-refractivity contribution in [1.29, 1.82) is 0 Å². The average molecular weight is 1500 g/mol. The third-order valence-electron chi connectivity index (χ3n) is 16.9. The van der Waals surface area contributed by atoms with Crippen molar-refractivity contribution in [3.8, 4) is 0 Å². The van der Waals surface area contributed by atoms with Gasteiger partial charge in [0.1, 0.15) is 19.3 Å². The number of phosphoric acid groups is 2. The fourth-order valence-corrected chi connectivity index (χ4v) is 12.3. The summed E-state index contributed by atoms with van der Waals surface area (Å²) < 4.78 is 68.5. The third-order valence-corrected chi connectivity index (χ3v) is 18.8. The molecular formula is C85H146O17P2. The molecule has 0 rings (SSSR count). The van der Waals surface area contributed by atoms with E-state index in [0.717, 1.165) is 154 Å². The van der Waals surface area contributed by atoms with Gasteiger partial charge in [-0.1, -0.05) is 303 Å². The molecule has 0 bridgehead atoms. The van der Waals surface area contributed by atoms with Crippen LogP contribution in [0.1, 0.15) is 336 Å². The lowest BCUT2D eigenvalue weighted by Gasteiger charge is -2.21. The fourth-order valence-electron chi connectivity index (χ4n) is 10.7. The molecule has 0 aliphatic rings. The highest BCUT2D eigenvalue weighted by molar-refractivity contribution is 7.47. The summed E-state index contributed by atoms with van der Waals surface area (Å²) in [6, 6.07) is 0. The molecule has 0 amide bonds. The quantitative estimate of drug-likeness (QED) is 0.0169. The molecule has 0 saturated carbocycles. The Hall–Kier alpha value is -4.54. The maximum atomic E-state index is 13.1. The minimum atomic E-state index is -4.99. The molecule has 0 aromatic carbocycles. The van der Waals surface area contributed by atoms with E-state index >= 15 is 0 Å². The average Bonchev–Trinajstić information content (AvgIpc) is 0.931. The number of carbonyl (C=O) groups is 4. The molecule has 0 aromatic heterocycles. The Labute approximate surface area is 632 Å². The van der Waals surface area contributed by atoms with Crippen molar-refractivity contribution in [2.45, 2.75) is 354 Å². The molecule has 0 aromatic rings. The van der Waals surface area contributed by atoms with Gasteiger partial charge >= 0.3 is 39.5 Å². The first-order valence-electron chi connectivity index (χ1n) is 40.8. The van der Waals surface area contributed by atoms with Crippen molar-refractivity contribution in [1.82, 2.24) is 0 Å². The van der Waals surface area contributed by atoms with Crippen molar-refractivity contribution in [2.75, 3.05) is 39.6 Å². The molecule has 0 heterocycles. The molecular weight excluding hydrogens is 1350 g/mol. The summed E-state index contributed by atoms with van der Waals surface area (Å²) in [5, 5.41) is 10.6. The van der Waals surface area contributed by atoms with Gasteiger partial charge in [0.25, 0.3) is 0 Å². The zero-order valence-electron chi connectivity index (χ0n) is 65.4. The Bertz CT molecular complexity index is 2440. The molecule has 3 N–H and O–H groups in total. The smallest absolute Gasteiger partial charge is 0.462 e. The van der Waals surface area contributed by atoms with Crippen LogP contribution in [0.5, 0.6) is 0 Å². The molecule has 0 aliphatic heterocycles. The highest BCUT2D eigenvalue weighted by Gasteiger charge is 2.30. The second-order valence-electron chi connectivity index (χ2n) is 27.0. The topological polar surface area (TPSA) is 237 Å². The Morgan fingerprint density at radius 1 is 0.279 bits per heavy atom. The van der Waals surface area contributed by atoms with Gasteiger partial charge in [0, 0.05) is 25.7 Å². The first-order valence-corrected chi connectivity index (χ1v) is 43.8. The zero-order valence-corrected chi connectivity index (χ0v) is 67.2. The number of aliphatic hydroxyl groups excluding tert-OH is 1. The molecule has 19 heteroatoms. The maximum absolute atomic E-state index is 13.1. The summed E-state index contributed by atoms with van der Waals surface area (Å²) in [6.45, 7) is 4.64. The maximum Gasteiger partial charge on any atom is 0.472 e. The number of carbonyl (C=O) groups excluding carboxylic acids is 4. The highest BCUT2D eigenvalue weighted by Crippen LogP contribution is 2.45. The van der Waals surface area contributed by atoms with Crippen molar-refractivity contribution in [3.63, 3.8) is 0 Å². The molecule has 0 aliphatic carbocycles. The lowest BCUT2D eigenvalue weighted by atomic mass is 10.1. The Kier molecular flexibility index (Phi) is 73.3. The Balaban J connectivity index is 5.38. The van der Waals surface area contributed by atoms with Crippen LogP contribution < -0.4 is 0 Å². The number of allylic oxidation sites excluding steroid dienone is 20. The van der Waals surface area contributed by atoms with E-state index in [1.54, 1.807) is 0 Å². The summed E-state index contributed by atoms with van der Waals surface area (Å²) in [5.74, 6) is -2.28. The van der Waals surface area contributed by atoms with Crippen LogP contribution in [0.3, 0.4) is 0 Å². The van der Waals surface area contributed by atoms with Gasteiger partial charge in [-0.05, 0) is 128 Å². The van der Waals surface area contributed by atoms with Crippen molar-refractivity contribution >= 4 is 39.5 Å². The van der Waals surface area contributed by atoms with Gasteiger partial charge in [0.15, 0.2) is 12.2 Å². The van der Waals surface area contributed by atoms with E-state index in [1.807, 2.05) is 18.2 Å². The normalized spacial score (nSPS) is 14.5. The first kappa shape index (κ1) is 99.5. The van der Waals surface area contributed by atoms with Gasteiger partial charge < -0.3 is 33.8 Å². The number of hydrogen-bond acceptors (Lipinski definition) is 15. The number of unbranched alkanes of at least 4 members (excludes halogenated alkanes) is 30. The zero-order chi connectivity index (χ0) is 76.0. The summed E-state index contributed by atoms with van der Waals surface area (Å²) in [6.07, 6.45) is 84.8. The van der Waals surface area contributed by atoms with Crippen LogP contribution in [0.2, 0.25) is 0 Å². The molecule has 598 valence electrons. The van der Waals surface area contributed by atoms with E-state index in [0.29, 0.717) is 32.1 Å². The van der Waals surface area contributed by atoms with E-state index in [2.05, 4.69) is 131 Å². The van der Waals surface area contributed by atoms with Gasteiger partial charge in [-0.3, -0.25) is 37.3 Å². The van der Waals surface area contributed by atoms with Crippen LogP contribution in [0, 0.1) is 0 Å². The largest absolute Gasteiger partial charge is 0.472 e. The molecule has 104 heavy (non-hydrogen) atoms. The van der Waals surface area contributed by atoms with E-state index in [9.17, 15) is 43.2 Å². The lowest BCUT2D eigenvalue weighted by Crippen LogP contribution is -2.30. The fraction of sp³-hybridized carbons (Fsp3) is 0.718. The number of phosphoric ester groups is 2. The SMILES string of the molecule is CC/C=C\C/C=C\C/C=C\C/C=C\C/C=C\C/C=C\CCC(=O)OCC(COP(=O)(O)OCC(O)COP(=O)(O)OCC(COC(=O)CCCCCCCC/C=C\C/C=C\C/C=C\CCCCC)OC(=O)CCCCCCC/C=C\CCCCCCCC)OC(=O)CCCCCCCCCCCCC. The third kappa shape index (κ3) is 75.7. The van der Waals surface area contributed by atoms with E-state index in [4.69, 9.17) is 37.0 Å². The number of ether oxygens (including phenoxy) is 4. The lowest BCUT2D eigenvalue weighted by molar-refractivity contribution is -0.161. The second-order valence-corrected chi connectivity index (χ2v) is 29.9. The van der Waals surface area contributed by atoms with Crippen molar-refractivity contribution in [2.24, 2.45) is 0 Å². The molecule has 0 saturated heterocycles.